The fourth-order valence-corrected chi connectivity index (χ4v) is 3.70. The minimum atomic E-state index is -4.68. The molecule has 3 rings (SSSR count). The lowest BCUT2D eigenvalue weighted by atomic mass is 10.1. The van der Waals surface area contributed by atoms with E-state index in [1.54, 1.807) is 48.5 Å². The average molecular weight is 582 g/mol. The van der Waals surface area contributed by atoms with Gasteiger partial charge in [-0.2, -0.15) is 13.2 Å². The Morgan fingerprint density at radius 2 is 1.68 bits per heavy atom. The van der Waals surface area contributed by atoms with E-state index in [2.05, 4.69) is 15.3 Å². The Kier molecular flexibility index (Phi) is 9.21. The van der Waals surface area contributed by atoms with E-state index in [0.717, 1.165) is 6.07 Å². The number of oxazole rings is 1. The number of carbonyl (C=O) groups excluding carboxylic acids is 2. The standard InChI is InChI=1S/C28H34F3N3O7/c1-9-38-24(35)21-22(17(14-39-26(2,3)4)32-25(36)41-27(5,6)7)40-23(34-21)16-10-12-18(37-8)20-15(16)11-13-19(33-20)28(29,30)31/h10-13,17H,9,14H2,1-8H3,(H,32,36)/t17-/m0/s1. The van der Waals surface area contributed by atoms with Crippen molar-refractivity contribution in [3.05, 3.63) is 41.4 Å². The zero-order valence-electron chi connectivity index (χ0n) is 24.2. The van der Waals surface area contributed by atoms with Gasteiger partial charge in [0.1, 0.15) is 28.6 Å². The maximum atomic E-state index is 13.4. The summed E-state index contributed by atoms with van der Waals surface area (Å²) in [5, 5.41) is 2.88. The molecule has 1 atom stereocenters. The largest absolute Gasteiger partial charge is 0.494 e. The van der Waals surface area contributed by atoms with Crippen molar-refractivity contribution in [2.45, 2.75) is 71.9 Å². The van der Waals surface area contributed by atoms with Gasteiger partial charge >= 0.3 is 18.2 Å². The molecule has 13 heteroatoms. The lowest BCUT2D eigenvalue weighted by molar-refractivity contribution is -0.140. The van der Waals surface area contributed by atoms with Gasteiger partial charge in [-0.05, 0) is 72.7 Å². The van der Waals surface area contributed by atoms with E-state index in [0.29, 0.717) is 0 Å². The number of carbonyl (C=O) groups is 2. The van der Waals surface area contributed by atoms with Crippen molar-refractivity contribution >= 4 is 23.0 Å². The quantitative estimate of drug-likeness (QED) is 0.298. The van der Waals surface area contributed by atoms with Gasteiger partial charge in [0.25, 0.3) is 0 Å². The van der Waals surface area contributed by atoms with E-state index in [9.17, 15) is 22.8 Å². The minimum Gasteiger partial charge on any atom is -0.494 e. The number of halogens is 3. The summed E-state index contributed by atoms with van der Waals surface area (Å²) < 4.78 is 67.9. The van der Waals surface area contributed by atoms with Crippen LogP contribution in [-0.2, 0) is 20.4 Å². The van der Waals surface area contributed by atoms with Crippen molar-refractivity contribution < 1.29 is 46.1 Å². The highest BCUT2D eigenvalue weighted by Gasteiger charge is 2.35. The third-order valence-electron chi connectivity index (χ3n) is 5.37. The van der Waals surface area contributed by atoms with Crippen LogP contribution in [0.15, 0.2) is 28.7 Å². The molecule has 0 bridgehead atoms. The number of amides is 1. The maximum absolute atomic E-state index is 13.4. The van der Waals surface area contributed by atoms with Gasteiger partial charge < -0.3 is 28.7 Å². The third kappa shape index (κ3) is 8.09. The predicted molar refractivity (Wildman–Crippen MR) is 143 cm³/mol. The van der Waals surface area contributed by atoms with Crippen molar-refractivity contribution in [3.8, 4) is 17.2 Å². The molecule has 0 fully saturated rings. The number of alkyl halides is 3. The summed E-state index contributed by atoms with van der Waals surface area (Å²) in [5.41, 5.74) is -2.66. The first-order valence-corrected chi connectivity index (χ1v) is 12.8. The number of fused-ring (bicyclic) bond motifs is 1. The molecular weight excluding hydrogens is 547 g/mol. The van der Waals surface area contributed by atoms with E-state index in [1.165, 1.54) is 25.3 Å². The highest BCUT2D eigenvalue weighted by atomic mass is 19.4. The number of hydrogen-bond donors (Lipinski definition) is 1. The second-order valence-electron chi connectivity index (χ2n) is 11.0. The van der Waals surface area contributed by atoms with Crippen LogP contribution in [-0.4, -0.2) is 53.6 Å². The second-order valence-corrected chi connectivity index (χ2v) is 11.0. The molecule has 1 aromatic carbocycles. The Morgan fingerprint density at radius 3 is 2.24 bits per heavy atom. The number of alkyl carbamates (subject to hydrolysis) is 1. The number of ether oxygens (including phenoxy) is 4. The monoisotopic (exact) mass is 581 g/mol. The Balaban J connectivity index is 2.20. The molecule has 0 unspecified atom stereocenters. The smallest absolute Gasteiger partial charge is 0.433 e. The van der Waals surface area contributed by atoms with Crippen LogP contribution in [0.3, 0.4) is 0 Å². The molecule has 0 aliphatic rings. The van der Waals surface area contributed by atoms with Crippen LogP contribution in [0.4, 0.5) is 18.0 Å². The van der Waals surface area contributed by atoms with Gasteiger partial charge in [0.2, 0.25) is 5.89 Å². The van der Waals surface area contributed by atoms with Gasteiger partial charge in [0.05, 0.1) is 25.9 Å². The summed E-state index contributed by atoms with van der Waals surface area (Å²) in [7, 11) is 1.31. The molecule has 1 amide bonds. The van der Waals surface area contributed by atoms with Crippen LogP contribution in [0.5, 0.6) is 5.75 Å². The minimum absolute atomic E-state index is 0.0265. The fourth-order valence-electron chi connectivity index (χ4n) is 3.70. The molecular formula is C28H34F3N3O7. The van der Waals surface area contributed by atoms with E-state index >= 15 is 0 Å². The molecule has 3 aromatic rings. The molecule has 2 aromatic heterocycles. The molecule has 0 radical (unpaired) electrons. The van der Waals surface area contributed by atoms with Gasteiger partial charge in [-0.25, -0.2) is 19.6 Å². The van der Waals surface area contributed by atoms with Crippen molar-refractivity contribution in [2.75, 3.05) is 20.3 Å². The Hall–Kier alpha value is -3.87. The van der Waals surface area contributed by atoms with Gasteiger partial charge in [0, 0.05) is 10.9 Å². The summed E-state index contributed by atoms with van der Waals surface area (Å²) >= 11 is 0. The number of esters is 1. The number of methoxy groups -OCH3 is 1. The first-order chi connectivity index (χ1) is 18.9. The number of hydrogen-bond acceptors (Lipinski definition) is 9. The lowest BCUT2D eigenvalue weighted by Gasteiger charge is -2.26. The van der Waals surface area contributed by atoms with Crippen molar-refractivity contribution in [2.24, 2.45) is 0 Å². The van der Waals surface area contributed by atoms with Gasteiger partial charge in [-0.15, -0.1) is 0 Å². The number of nitrogens with one attached hydrogen (secondary N) is 1. The number of pyridine rings is 1. The highest BCUT2D eigenvalue weighted by molar-refractivity contribution is 5.97. The summed E-state index contributed by atoms with van der Waals surface area (Å²) in [5.74, 6) is -0.948. The van der Waals surface area contributed by atoms with Crippen LogP contribution in [0, 0.1) is 0 Å². The Labute approximate surface area is 235 Å². The van der Waals surface area contributed by atoms with E-state index < -0.39 is 41.2 Å². The summed E-state index contributed by atoms with van der Waals surface area (Å²) in [6.45, 7) is 12.0. The maximum Gasteiger partial charge on any atom is 0.433 e. The van der Waals surface area contributed by atoms with Crippen molar-refractivity contribution in [1.29, 1.82) is 0 Å². The topological polar surface area (TPSA) is 122 Å². The molecule has 0 aliphatic carbocycles. The number of rotatable bonds is 8. The number of nitrogens with zero attached hydrogens (tertiary/aromatic N) is 2. The van der Waals surface area contributed by atoms with Crippen LogP contribution in [0.1, 0.15) is 76.5 Å². The van der Waals surface area contributed by atoms with Gasteiger partial charge in [-0.1, -0.05) is 0 Å². The van der Waals surface area contributed by atoms with Gasteiger partial charge in [0.15, 0.2) is 11.5 Å². The predicted octanol–water partition coefficient (Wildman–Crippen LogP) is 6.47. The van der Waals surface area contributed by atoms with Gasteiger partial charge in [-0.3, -0.25) is 0 Å². The average Bonchev–Trinajstić information content (AvgIpc) is 3.28. The first-order valence-electron chi connectivity index (χ1n) is 12.8. The zero-order chi connectivity index (χ0) is 30.8. The van der Waals surface area contributed by atoms with Crippen molar-refractivity contribution in [3.63, 3.8) is 0 Å². The van der Waals surface area contributed by atoms with E-state index in [4.69, 9.17) is 23.4 Å². The number of benzene rings is 1. The zero-order valence-corrected chi connectivity index (χ0v) is 24.2. The summed E-state index contributed by atoms with van der Waals surface area (Å²) in [6.07, 6.45) is -5.48. The fraction of sp³-hybridized carbons (Fsp3) is 0.500. The Bertz CT molecular complexity index is 1410. The lowest BCUT2D eigenvalue weighted by Crippen LogP contribution is -2.38. The van der Waals surface area contributed by atoms with Crippen LogP contribution in [0.2, 0.25) is 0 Å². The molecule has 224 valence electrons. The molecule has 0 saturated heterocycles. The van der Waals surface area contributed by atoms with Crippen LogP contribution in [0.25, 0.3) is 22.4 Å². The molecule has 10 nitrogen and oxygen atoms in total. The summed E-state index contributed by atoms with van der Waals surface area (Å²) in [6, 6.07) is 3.92. The molecule has 2 heterocycles. The molecule has 0 spiro atoms. The molecule has 0 aliphatic heterocycles. The molecule has 41 heavy (non-hydrogen) atoms. The molecule has 1 N–H and O–H groups in total. The molecule has 0 saturated carbocycles. The van der Waals surface area contributed by atoms with E-state index in [-0.39, 0.29) is 52.8 Å². The second kappa shape index (κ2) is 11.9. The van der Waals surface area contributed by atoms with Crippen molar-refractivity contribution in [1.82, 2.24) is 15.3 Å². The normalized spacial score (nSPS) is 13.1. The number of aromatic nitrogens is 2. The van der Waals surface area contributed by atoms with E-state index in [1.807, 2.05) is 0 Å². The highest BCUT2D eigenvalue weighted by Crippen LogP contribution is 2.38. The Morgan fingerprint density at radius 1 is 1.00 bits per heavy atom. The van der Waals surface area contributed by atoms with Crippen LogP contribution < -0.4 is 10.1 Å². The third-order valence-corrected chi connectivity index (χ3v) is 5.37. The first kappa shape index (κ1) is 31.7. The SMILES string of the molecule is CCOC(=O)c1nc(-c2ccc(OC)c3nc(C(F)(F)F)ccc23)oc1[C@H](COC(C)(C)C)NC(=O)OC(C)(C)C. The summed E-state index contributed by atoms with van der Waals surface area (Å²) in [4.78, 5) is 33.8. The van der Waals surface area contributed by atoms with Crippen LogP contribution >= 0.6 is 0 Å².